The van der Waals surface area contributed by atoms with E-state index in [4.69, 9.17) is 9.47 Å². The minimum atomic E-state index is -0.159. The summed E-state index contributed by atoms with van der Waals surface area (Å²) >= 11 is 0. The van der Waals surface area contributed by atoms with Crippen LogP contribution in [0, 0.1) is 0 Å². The second-order valence-electron chi connectivity index (χ2n) is 7.46. The summed E-state index contributed by atoms with van der Waals surface area (Å²) in [5.41, 5.74) is 2.03. The highest BCUT2D eigenvalue weighted by molar-refractivity contribution is 6.15. The highest BCUT2D eigenvalue weighted by atomic mass is 16.5. The topological polar surface area (TPSA) is 60.2 Å². The molecule has 0 atom stereocenters. The largest absolute Gasteiger partial charge is 0.507 e. The zero-order valence-corrected chi connectivity index (χ0v) is 16.2. The van der Waals surface area contributed by atoms with E-state index in [0.717, 1.165) is 24.2 Å². The number of phenolic OH excluding ortho intramolecular Hbond substituents is 1. The first kappa shape index (κ1) is 18.6. The first-order valence-corrected chi connectivity index (χ1v) is 9.93. The standard InChI is InChI=1S/C23H25NO4/c1-27-20-9-5-4-8-16(20)14-21-22(26)17-10-11-19(25)18(23(17)28-21)15-24-12-6-2-3-7-13-24/h4-5,8-11,14,25H,2-3,6-7,12-13,15H2,1H3/p+1/b21-14-. The van der Waals surface area contributed by atoms with Gasteiger partial charge in [-0.05, 0) is 50.0 Å². The second kappa shape index (κ2) is 8.07. The second-order valence-corrected chi connectivity index (χ2v) is 7.46. The number of likely N-dealkylation sites (tertiary alicyclic amines) is 1. The summed E-state index contributed by atoms with van der Waals surface area (Å²) in [7, 11) is 1.60. The lowest BCUT2D eigenvalue weighted by atomic mass is 10.0. The number of Topliss-reactive ketones (excluding diaryl/α,β-unsaturated/α-hetero) is 1. The molecule has 1 fully saturated rings. The zero-order chi connectivity index (χ0) is 19.5. The smallest absolute Gasteiger partial charge is 0.231 e. The molecular formula is C23H26NO4+. The fraction of sp³-hybridized carbons (Fsp3) is 0.348. The maximum absolute atomic E-state index is 12.9. The van der Waals surface area contributed by atoms with Gasteiger partial charge in [0.05, 0.1) is 31.3 Å². The van der Waals surface area contributed by atoms with E-state index in [1.54, 1.807) is 25.3 Å². The van der Waals surface area contributed by atoms with E-state index in [-0.39, 0.29) is 17.3 Å². The number of para-hydroxylation sites is 1. The maximum atomic E-state index is 12.9. The lowest BCUT2D eigenvalue weighted by molar-refractivity contribution is -0.913. The molecule has 0 aromatic heterocycles. The summed E-state index contributed by atoms with van der Waals surface area (Å²) in [5, 5.41) is 10.5. The van der Waals surface area contributed by atoms with Crippen molar-refractivity contribution in [2.24, 2.45) is 0 Å². The average Bonchev–Trinajstić information content (AvgIpc) is 2.88. The Hall–Kier alpha value is -2.79. The number of carbonyl (C=O) groups excluding carboxylic acids is 1. The van der Waals surface area contributed by atoms with Crippen molar-refractivity contribution in [2.45, 2.75) is 32.2 Å². The monoisotopic (exact) mass is 380 g/mol. The molecule has 0 amide bonds. The summed E-state index contributed by atoms with van der Waals surface area (Å²) in [5.74, 6) is 1.48. The molecule has 4 rings (SSSR count). The van der Waals surface area contributed by atoms with Crippen LogP contribution in [0.3, 0.4) is 0 Å². The fourth-order valence-corrected chi connectivity index (χ4v) is 4.05. The molecule has 5 nitrogen and oxygen atoms in total. The third-order valence-corrected chi connectivity index (χ3v) is 5.58. The molecule has 0 saturated carbocycles. The van der Waals surface area contributed by atoms with Crippen LogP contribution in [0.25, 0.3) is 6.08 Å². The van der Waals surface area contributed by atoms with Gasteiger partial charge in [0.25, 0.3) is 0 Å². The van der Waals surface area contributed by atoms with Crippen LogP contribution in [0.1, 0.15) is 47.2 Å². The Labute approximate surface area is 165 Å². The van der Waals surface area contributed by atoms with Gasteiger partial charge in [0.2, 0.25) is 5.78 Å². The lowest BCUT2D eigenvalue weighted by Crippen LogP contribution is -3.10. The van der Waals surface area contributed by atoms with Crippen molar-refractivity contribution in [3.63, 3.8) is 0 Å². The Morgan fingerprint density at radius 2 is 1.86 bits per heavy atom. The number of nitrogens with one attached hydrogen (secondary N) is 1. The molecule has 2 aliphatic heterocycles. The van der Waals surface area contributed by atoms with Crippen molar-refractivity contribution in [1.82, 2.24) is 0 Å². The van der Waals surface area contributed by atoms with Crippen molar-refractivity contribution in [2.75, 3.05) is 20.2 Å². The molecule has 0 radical (unpaired) electrons. The predicted molar refractivity (Wildman–Crippen MR) is 107 cm³/mol. The Kier molecular flexibility index (Phi) is 5.35. The number of ketones is 1. The van der Waals surface area contributed by atoms with Gasteiger partial charge in [0, 0.05) is 5.56 Å². The van der Waals surface area contributed by atoms with Gasteiger partial charge in [-0.2, -0.15) is 0 Å². The van der Waals surface area contributed by atoms with Crippen molar-refractivity contribution >= 4 is 11.9 Å². The first-order chi connectivity index (χ1) is 13.7. The quantitative estimate of drug-likeness (QED) is 0.801. The molecular weight excluding hydrogens is 354 g/mol. The van der Waals surface area contributed by atoms with E-state index in [0.29, 0.717) is 23.6 Å². The van der Waals surface area contributed by atoms with Crippen LogP contribution in [0.15, 0.2) is 42.2 Å². The Balaban J connectivity index is 1.65. The number of hydrogen-bond donors (Lipinski definition) is 2. The summed E-state index contributed by atoms with van der Waals surface area (Å²) in [6, 6.07) is 10.8. The van der Waals surface area contributed by atoms with Crippen molar-refractivity contribution in [1.29, 1.82) is 0 Å². The Bertz CT molecular complexity index is 911. The normalized spacial score (nSPS) is 18.6. The number of quaternary nitrogens is 1. The number of hydrogen-bond acceptors (Lipinski definition) is 4. The zero-order valence-electron chi connectivity index (χ0n) is 16.2. The molecule has 146 valence electrons. The molecule has 0 aliphatic carbocycles. The predicted octanol–water partition coefficient (Wildman–Crippen LogP) is 2.98. The molecule has 0 unspecified atom stereocenters. The Morgan fingerprint density at radius 1 is 1.11 bits per heavy atom. The van der Waals surface area contributed by atoms with Crippen molar-refractivity contribution < 1.29 is 24.3 Å². The molecule has 28 heavy (non-hydrogen) atoms. The number of carbonyl (C=O) groups is 1. The number of ether oxygens (including phenoxy) is 2. The number of aromatic hydroxyl groups is 1. The van der Waals surface area contributed by atoms with Crippen LogP contribution in [0.2, 0.25) is 0 Å². The van der Waals surface area contributed by atoms with E-state index >= 15 is 0 Å². The van der Waals surface area contributed by atoms with Gasteiger partial charge in [0.1, 0.15) is 18.0 Å². The van der Waals surface area contributed by atoms with Crippen LogP contribution in [0.4, 0.5) is 0 Å². The minimum Gasteiger partial charge on any atom is -0.507 e. The number of methoxy groups -OCH3 is 1. The number of rotatable bonds is 4. The van der Waals surface area contributed by atoms with E-state index in [9.17, 15) is 9.90 Å². The van der Waals surface area contributed by atoms with Crippen molar-refractivity contribution in [3.05, 3.63) is 58.8 Å². The van der Waals surface area contributed by atoms with E-state index < -0.39 is 0 Å². The third-order valence-electron chi connectivity index (χ3n) is 5.58. The lowest BCUT2D eigenvalue weighted by Gasteiger charge is -2.19. The first-order valence-electron chi connectivity index (χ1n) is 9.93. The number of allylic oxidation sites excluding steroid dienone is 1. The van der Waals surface area contributed by atoms with Gasteiger partial charge < -0.3 is 19.5 Å². The summed E-state index contributed by atoms with van der Waals surface area (Å²) in [6.45, 7) is 2.84. The van der Waals surface area contributed by atoms with Gasteiger partial charge >= 0.3 is 0 Å². The fourth-order valence-electron chi connectivity index (χ4n) is 4.05. The van der Waals surface area contributed by atoms with E-state index in [1.165, 1.54) is 30.6 Å². The number of benzene rings is 2. The third kappa shape index (κ3) is 3.62. The van der Waals surface area contributed by atoms with Gasteiger partial charge in [-0.15, -0.1) is 0 Å². The van der Waals surface area contributed by atoms with Crippen LogP contribution in [-0.2, 0) is 6.54 Å². The molecule has 1 saturated heterocycles. The molecule has 2 heterocycles. The molecule has 2 aromatic rings. The molecule has 5 heteroatoms. The summed E-state index contributed by atoms with van der Waals surface area (Å²) < 4.78 is 11.4. The van der Waals surface area contributed by atoms with E-state index in [1.807, 2.05) is 24.3 Å². The molecule has 2 aromatic carbocycles. The van der Waals surface area contributed by atoms with Crippen LogP contribution in [-0.4, -0.2) is 31.1 Å². The SMILES string of the molecule is COc1ccccc1/C=C1\Oc2c(ccc(O)c2C[NH+]2CCCCCC2)C1=O. The van der Waals surface area contributed by atoms with Crippen molar-refractivity contribution in [3.8, 4) is 17.2 Å². The van der Waals surface area contributed by atoms with Gasteiger partial charge in [-0.25, -0.2) is 0 Å². The molecule has 0 bridgehead atoms. The highest BCUT2D eigenvalue weighted by Crippen LogP contribution is 2.39. The van der Waals surface area contributed by atoms with Gasteiger partial charge in [-0.1, -0.05) is 18.2 Å². The number of fused-ring (bicyclic) bond motifs is 1. The summed E-state index contributed by atoms with van der Waals surface area (Å²) in [4.78, 5) is 14.3. The van der Waals surface area contributed by atoms with Crippen LogP contribution in [0.5, 0.6) is 17.2 Å². The van der Waals surface area contributed by atoms with Gasteiger partial charge in [-0.3, -0.25) is 4.79 Å². The molecule has 0 spiro atoms. The minimum absolute atomic E-state index is 0.159. The average molecular weight is 380 g/mol. The number of phenols is 1. The highest BCUT2D eigenvalue weighted by Gasteiger charge is 2.32. The van der Waals surface area contributed by atoms with E-state index in [2.05, 4.69) is 0 Å². The van der Waals surface area contributed by atoms with Crippen LogP contribution >= 0.6 is 0 Å². The molecule has 2 aliphatic rings. The Morgan fingerprint density at radius 3 is 2.61 bits per heavy atom. The molecule has 2 N–H and O–H groups in total. The van der Waals surface area contributed by atoms with Gasteiger partial charge in [0.15, 0.2) is 11.5 Å². The maximum Gasteiger partial charge on any atom is 0.231 e. The summed E-state index contributed by atoms with van der Waals surface area (Å²) in [6.07, 6.45) is 6.64. The van der Waals surface area contributed by atoms with Crippen LogP contribution < -0.4 is 14.4 Å².